The molecule has 2 aliphatic heterocycles. The van der Waals surface area contributed by atoms with E-state index in [0.717, 1.165) is 51.0 Å². The van der Waals surface area contributed by atoms with Crippen molar-refractivity contribution in [3.63, 3.8) is 0 Å². The van der Waals surface area contributed by atoms with Crippen molar-refractivity contribution >= 4 is 21.7 Å². The smallest absolute Gasteiger partial charge is 0.399 e. The van der Waals surface area contributed by atoms with E-state index in [9.17, 15) is 62.6 Å². The number of ketones is 1. The molecule has 2 saturated carbocycles. The molecule has 1 N–H and O–H groups in total. The molecule has 4 fully saturated rings. The third-order valence-corrected chi connectivity index (χ3v) is 13.6. The summed E-state index contributed by atoms with van der Waals surface area (Å²) < 4.78 is 187. The van der Waals surface area contributed by atoms with E-state index in [2.05, 4.69) is 39.3 Å². The molecular formula is C52H55BrF12O8. The van der Waals surface area contributed by atoms with Crippen LogP contribution in [0.5, 0.6) is 11.5 Å². The Bertz CT molecular complexity index is 2410. The molecule has 402 valence electrons. The predicted molar refractivity (Wildman–Crippen MR) is 246 cm³/mol. The maximum Gasteiger partial charge on any atom is 0.573 e. The summed E-state index contributed by atoms with van der Waals surface area (Å²) in [4.78, 5) is 11.1. The van der Waals surface area contributed by atoms with E-state index < -0.39 is 64.7 Å². The molecule has 0 spiro atoms. The second-order valence-electron chi connectivity index (χ2n) is 18.6. The highest BCUT2D eigenvalue weighted by Crippen LogP contribution is 2.44. The summed E-state index contributed by atoms with van der Waals surface area (Å²) in [5.74, 6) is -9.31. The molecule has 4 aromatic rings. The van der Waals surface area contributed by atoms with Crippen LogP contribution in [0.3, 0.4) is 0 Å². The topological polar surface area (TPSA) is 92.7 Å². The number of benzene rings is 4. The lowest BCUT2D eigenvalue weighted by Gasteiger charge is -2.41. The van der Waals surface area contributed by atoms with Crippen LogP contribution in [0, 0.1) is 58.6 Å². The summed E-state index contributed by atoms with van der Waals surface area (Å²) >= 11 is 3.01. The Balaban J connectivity index is 0.000000198. The minimum absolute atomic E-state index is 0.0405. The fourth-order valence-corrected chi connectivity index (χ4v) is 9.68. The molecule has 21 heteroatoms. The Kier molecular flexibility index (Phi) is 20.1. The van der Waals surface area contributed by atoms with Crippen LogP contribution in [0.25, 0.3) is 22.3 Å². The standard InChI is InChI=1S/C26H28F6O4.C13H5BrF6O.C13H22O3/c1-2-3-15-13-34-24(35-14-15)16-6-8-25(33,9-7-16)18-4-5-19(20(27)12-18)17-10-21(28)23(22(29)11-17)36-26(30,31)32;14-7-1-2-8(9(15)5-7)6-3-10(16)12(11(17)4-6)21-13(18,19)20;1-2-3-10-8-15-13(16-9-10)11-4-6-12(14)7-5-11/h4-5,10-12,15-16,24,33H,2-3,6-9,13-14H2,1H3;1-5H;10-11,13H,2-9H2,1H3. The van der Waals surface area contributed by atoms with Gasteiger partial charge in [-0.25, -0.2) is 26.3 Å². The van der Waals surface area contributed by atoms with E-state index in [4.69, 9.17) is 18.9 Å². The van der Waals surface area contributed by atoms with Crippen LogP contribution >= 0.6 is 15.9 Å². The molecule has 0 bridgehead atoms. The van der Waals surface area contributed by atoms with Gasteiger partial charge < -0.3 is 33.5 Å². The Morgan fingerprint density at radius 1 is 0.575 bits per heavy atom. The molecule has 2 saturated heterocycles. The van der Waals surface area contributed by atoms with Gasteiger partial charge in [-0.2, -0.15) is 0 Å². The average molecular weight is 1120 g/mol. The van der Waals surface area contributed by atoms with Gasteiger partial charge in [0.2, 0.25) is 11.5 Å². The molecule has 2 heterocycles. The van der Waals surface area contributed by atoms with Crippen molar-refractivity contribution in [2.45, 2.75) is 122 Å². The zero-order valence-corrected chi connectivity index (χ0v) is 41.4. The zero-order chi connectivity index (χ0) is 53.3. The van der Waals surface area contributed by atoms with Gasteiger partial charge in [-0.15, -0.1) is 26.3 Å². The second kappa shape index (κ2) is 25.4. The van der Waals surface area contributed by atoms with Gasteiger partial charge in [0.1, 0.15) is 17.4 Å². The van der Waals surface area contributed by atoms with Crippen LogP contribution in [0.15, 0.2) is 65.1 Å². The van der Waals surface area contributed by atoms with Crippen molar-refractivity contribution in [3.8, 4) is 33.8 Å². The summed E-state index contributed by atoms with van der Waals surface area (Å²) in [5, 5.41) is 11.2. The van der Waals surface area contributed by atoms with Crippen molar-refractivity contribution in [1.29, 1.82) is 0 Å². The number of halogens is 13. The minimum atomic E-state index is -5.28. The highest BCUT2D eigenvalue weighted by atomic mass is 79.9. The summed E-state index contributed by atoms with van der Waals surface area (Å²) in [5.41, 5.74) is -1.91. The summed E-state index contributed by atoms with van der Waals surface area (Å²) in [6.07, 6.45) is -1.13. The molecule has 8 rings (SSSR count). The minimum Gasteiger partial charge on any atom is -0.399 e. The third-order valence-electron chi connectivity index (χ3n) is 13.1. The Morgan fingerprint density at radius 2 is 0.959 bits per heavy atom. The average Bonchev–Trinajstić information content (AvgIpc) is 3.32. The first-order valence-electron chi connectivity index (χ1n) is 23.9. The largest absolute Gasteiger partial charge is 0.573 e. The van der Waals surface area contributed by atoms with Gasteiger partial charge in [0, 0.05) is 52.1 Å². The van der Waals surface area contributed by atoms with Gasteiger partial charge >= 0.3 is 12.7 Å². The van der Waals surface area contributed by atoms with E-state index in [-0.39, 0.29) is 40.8 Å². The first kappa shape index (κ1) is 57.9. The van der Waals surface area contributed by atoms with Gasteiger partial charge in [0.25, 0.3) is 0 Å². The Morgan fingerprint density at radius 3 is 1.33 bits per heavy atom. The van der Waals surface area contributed by atoms with E-state index in [1.807, 2.05) is 0 Å². The lowest BCUT2D eigenvalue weighted by Crippen LogP contribution is -2.41. The van der Waals surface area contributed by atoms with Crippen LogP contribution in [0.4, 0.5) is 52.7 Å². The van der Waals surface area contributed by atoms with Gasteiger partial charge in [-0.1, -0.05) is 60.8 Å². The molecule has 4 aliphatic rings. The maximum absolute atomic E-state index is 15.0. The number of rotatable bonds is 11. The first-order valence-corrected chi connectivity index (χ1v) is 24.7. The van der Waals surface area contributed by atoms with Crippen LogP contribution < -0.4 is 9.47 Å². The number of carbonyl (C=O) groups is 1. The predicted octanol–water partition coefficient (Wildman–Crippen LogP) is 14.8. The number of hydrogen-bond donors (Lipinski definition) is 1. The molecule has 4 aromatic carbocycles. The number of carbonyl (C=O) groups excluding carboxylic acids is 1. The summed E-state index contributed by atoms with van der Waals surface area (Å²) in [6, 6.07) is 9.78. The number of alkyl halides is 6. The normalized spacial score (nSPS) is 23.9. The van der Waals surface area contributed by atoms with Crippen molar-refractivity contribution in [2.24, 2.45) is 23.7 Å². The monoisotopic (exact) mass is 1110 g/mol. The van der Waals surface area contributed by atoms with Gasteiger partial charge in [0.05, 0.1) is 32.0 Å². The van der Waals surface area contributed by atoms with Crippen molar-refractivity contribution < 1.29 is 91.0 Å². The molecule has 0 amide bonds. The van der Waals surface area contributed by atoms with Crippen LogP contribution in [0.2, 0.25) is 0 Å². The maximum atomic E-state index is 15.0. The molecule has 2 aliphatic carbocycles. The molecule has 73 heavy (non-hydrogen) atoms. The zero-order valence-electron chi connectivity index (χ0n) is 39.8. The highest BCUT2D eigenvalue weighted by Gasteiger charge is 2.41. The Hall–Kier alpha value is -4.41. The fraction of sp³-hybridized carbons (Fsp3) is 0.519. The van der Waals surface area contributed by atoms with Gasteiger partial charge in [-0.05, 0) is 111 Å². The van der Waals surface area contributed by atoms with Crippen LogP contribution in [-0.2, 0) is 29.3 Å². The number of Topliss-reactive ketones (excluding diaryl/α,β-unsaturated/α-hetero) is 1. The molecule has 0 aromatic heterocycles. The van der Waals surface area contributed by atoms with Crippen molar-refractivity contribution in [2.75, 3.05) is 26.4 Å². The van der Waals surface area contributed by atoms with Crippen molar-refractivity contribution in [1.82, 2.24) is 0 Å². The summed E-state index contributed by atoms with van der Waals surface area (Å²) in [6.45, 7) is 7.28. The van der Waals surface area contributed by atoms with Crippen LogP contribution in [0.1, 0.15) is 96.5 Å². The molecule has 0 radical (unpaired) electrons. The van der Waals surface area contributed by atoms with E-state index in [0.29, 0.717) is 110 Å². The quantitative estimate of drug-likeness (QED) is 0.149. The first-order chi connectivity index (χ1) is 34.4. The Labute approximate surface area is 422 Å². The summed E-state index contributed by atoms with van der Waals surface area (Å²) in [7, 11) is 0. The SMILES string of the molecule is CCCC1COC(C2CCC(=O)CC2)OC1.CCCC1COC(C2CCC(O)(c3ccc(-c4cc(F)c(OC(F)(F)F)c(F)c4)c(F)c3)CC2)OC1.Fc1cc(Br)ccc1-c1cc(F)c(OC(F)(F)F)c(F)c1. The lowest BCUT2D eigenvalue weighted by atomic mass is 9.74. The van der Waals surface area contributed by atoms with Gasteiger partial charge in [0.15, 0.2) is 35.8 Å². The van der Waals surface area contributed by atoms with Crippen LogP contribution in [-0.4, -0.2) is 62.6 Å². The number of ether oxygens (including phenoxy) is 6. The van der Waals surface area contributed by atoms with E-state index in [1.165, 1.54) is 37.1 Å². The second-order valence-corrected chi connectivity index (χ2v) is 19.5. The molecular weight excluding hydrogens is 1060 g/mol. The van der Waals surface area contributed by atoms with E-state index in [1.54, 1.807) is 0 Å². The number of hydrogen-bond acceptors (Lipinski definition) is 8. The number of aliphatic hydroxyl groups is 1. The van der Waals surface area contributed by atoms with Crippen molar-refractivity contribution in [3.05, 3.63) is 106 Å². The highest BCUT2D eigenvalue weighted by molar-refractivity contribution is 9.10. The van der Waals surface area contributed by atoms with Gasteiger partial charge in [-0.3, -0.25) is 4.79 Å². The molecule has 0 unspecified atom stereocenters. The molecule has 0 atom stereocenters. The fourth-order valence-electron chi connectivity index (χ4n) is 9.34. The van der Waals surface area contributed by atoms with E-state index >= 15 is 0 Å². The lowest BCUT2D eigenvalue weighted by molar-refractivity contribution is -0.277. The third kappa shape index (κ3) is 16.3. The molecule has 8 nitrogen and oxygen atoms in total.